The molecule has 0 bridgehead atoms. The summed E-state index contributed by atoms with van der Waals surface area (Å²) in [4.78, 5) is 5.17. The maximum atomic E-state index is 15.1. The second-order valence-corrected chi connectivity index (χ2v) is 13.6. The van der Waals surface area contributed by atoms with E-state index in [1.54, 1.807) is 26.0 Å². The summed E-state index contributed by atoms with van der Waals surface area (Å²) in [6, 6.07) is 37.4. The number of fused-ring (bicyclic) bond motifs is 4. The molecule has 0 spiro atoms. The lowest BCUT2D eigenvalue weighted by atomic mass is 9.83. The molecule has 2 heterocycles. The van der Waals surface area contributed by atoms with Gasteiger partial charge in [-0.05, 0) is 95.1 Å². The number of hydrogen-bond acceptors (Lipinski definition) is 2. The number of benzene rings is 6. The first-order valence-corrected chi connectivity index (χ1v) is 16.2. The second-order valence-electron chi connectivity index (χ2n) is 13.6. The summed E-state index contributed by atoms with van der Waals surface area (Å²) in [6.45, 7) is 10.2. The zero-order valence-corrected chi connectivity index (χ0v) is 27.5. The van der Waals surface area contributed by atoms with E-state index in [2.05, 4.69) is 73.9 Å². The van der Waals surface area contributed by atoms with Crippen molar-refractivity contribution in [1.82, 2.24) is 9.55 Å². The summed E-state index contributed by atoms with van der Waals surface area (Å²) < 4.78 is 38.3. The van der Waals surface area contributed by atoms with Gasteiger partial charge in [-0.2, -0.15) is 0 Å². The Morgan fingerprint density at radius 1 is 0.646 bits per heavy atom. The van der Waals surface area contributed by atoms with E-state index in [0.717, 1.165) is 55.4 Å². The van der Waals surface area contributed by atoms with Crippen molar-refractivity contribution >= 4 is 33.0 Å². The SMILES string of the molecule is Cc1cc(-c2ccc3c(c2)oc2c(-c4nc5ccc(F)cc5n4-c4c(-c5ccccc5)cccc4C(C)(C)C)cccc23)cc(C)c1F. The van der Waals surface area contributed by atoms with Crippen LogP contribution in [0, 0.1) is 25.5 Å². The van der Waals surface area contributed by atoms with Gasteiger partial charge in [-0.25, -0.2) is 13.8 Å². The average Bonchev–Trinajstić information content (AvgIpc) is 3.64. The van der Waals surface area contributed by atoms with E-state index in [0.29, 0.717) is 33.6 Å². The minimum Gasteiger partial charge on any atom is -0.455 e. The molecule has 0 saturated heterocycles. The first-order chi connectivity index (χ1) is 23.1. The molecule has 236 valence electrons. The highest BCUT2D eigenvalue weighted by molar-refractivity contribution is 6.10. The van der Waals surface area contributed by atoms with E-state index >= 15 is 4.39 Å². The molecule has 0 aliphatic rings. The number of nitrogens with zero attached hydrogens (tertiary/aromatic N) is 2. The van der Waals surface area contributed by atoms with Crippen molar-refractivity contribution in [3.63, 3.8) is 0 Å². The number of hydrogen-bond donors (Lipinski definition) is 0. The van der Waals surface area contributed by atoms with Crippen molar-refractivity contribution in [3.05, 3.63) is 144 Å². The summed E-state index contributed by atoms with van der Waals surface area (Å²) in [5.41, 5.74) is 10.6. The van der Waals surface area contributed by atoms with Gasteiger partial charge in [0.1, 0.15) is 28.6 Å². The van der Waals surface area contributed by atoms with Crippen LogP contribution in [0.1, 0.15) is 37.5 Å². The summed E-state index contributed by atoms with van der Waals surface area (Å²) >= 11 is 0. The summed E-state index contributed by atoms with van der Waals surface area (Å²) in [5.74, 6) is 0.157. The second kappa shape index (κ2) is 11.0. The molecule has 2 aromatic heterocycles. The minimum atomic E-state index is -0.328. The Labute approximate surface area is 278 Å². The number of aromatic nitrogens is 2. The van der Waals surface area contributed by atoms with Gasteiger partial charge in [-0.1, -0.05) is 87.5 Å². The molecule has 5 heteroatoms. The molecule has 0 N–H and O–H groups in total. The van der Waals surface area contributed by atoms with Gasteiger partial charge in [0.2, 0.25) is 0 Å². The van der Waals surface area contributed by atoms with Crippen molar-refractivity contribution in [2.24, 2.45) is 0 Å². The molecule has 0 aliphatic heterocycles. The van der Waals surface area contributed by atoms with Crippen LogP contribution in [0.5, 0.6) is 0 Å². The molecule has 0 aliphatic carbocycles. The Morgan fingerprint density at radius 2 is 1.38 bits per heavy atom. The molecule has 3 nitrogen and oxygen atoms in total. The van der Waals surface area contributed by atoms with Crippen LogP contribution in [0.15, 0.2) is 120 Å². The van der Waals surface area contributed by atoms with Gasteiger partial charge in [0.25, 0.3) is 0 Å². The number of para-hydroxylation sites is 2. The molecule has 0 fully saturated rings. The van der Waals surface area contributed by atoms with E-state index in [4.69, 9.17) is 9.40 Å². The maximum absolute atomic E-state index is 15.1. The topological polar surface area (TPSA) is 31.0 Å². The number of halogens is 2. The Bertz CT molecular complexity index is 2510. The minimum absolute atomic E-state index is 0.181. The average molecular weight is 633 g/mol. The van der Waals surface area contributed by atoms with Crippen molar-refractivity contribution in [1.29, 1.82) is 0 Å². The third kappa shape index (κ3) is 4.81. The highest BCUT2D eigenvalue weighted by Crippen LogP contribution is 2.43. The fraction of sp³-hybridized carbons (Fsp3) is 0.140. The van der Waals surface area contributed by atoms with Crippen LogP contribution in [0.25, 0.3) is 72.3 Å². The molecule has 0 saturated carbocycles. The van der Waals surface area contributed by atoms with E-state index in [9.17, 15) is 4.39 Å². The lowest BCUT2D eigenvalue weighted by Crippen LogP contribution is -2.16. The fourth-order valence-corrected chi connectivity index (χ4v) is 6.96. The van der Waals surface area contributed by atoms with Crippen molar-refractivity contribution in [3.8, 4) is 39.3 Å². The monoisotopic (exact) mass is 632 g/mol. The van der Waals surface area contributed by atoms with Gasteiger partial charge < -0.3 is 4.42 Å². The number of rotatable bonds is 4. The molecule has 0 unspecified atom stereocenters. The van der Waals surface area contributed by atoms with Gasteiger partial charge in [-0.15, -0.1) is 0 Å². The van der Waals surface area contributed by atoms with Gasteiger partial charge in [0.15, 0.2) is 0 Å². The molecule has 0 radical (unpaired) electrons. The third-order valence-electron chi connectivity index (χ3n) is 9.28. The van der Waals surface area contributed by atoms with Gasteiger partial charge >= 0.3 is 0 Å². The maximum Gasteiger partial charge on any atom is 0.149 e. The smallest absolute Gasteiger partial charge is 0.149 e. The normalized spacial score (nSPS) is 12.1. The summed E-state index contributed by atoms with van der Waals surface area (Å²) in [7, 11) is 0. The van der Waals surface area contributed by atoms with E-state index in [1.165, 1.54) is 6.07 Å². The van der Waals surface area contributed by atoms with Crippen LogP contribution in [0.4, 0.5) is 8.78 Å². The van der Waals surface area contributed by atoms with Crippen molar-refractivity contribution in [2.75, 3.05) is 0 Å². The van der Waals surface area contributed by atoms with E-state index in [-0.39, 0.29) is 17.0 Å². The first kappa shape index (κ1) is 29.8. The molecule has 0 amide bonds. The fourth-order valence-electron chi connectivity index (χ4n) is 6.96. The van der Waals surface area contributed by atoms with Crippen molar-refractivity contribution < 1.29 is 13.2 Å². The molecule has 6 aromatic carbocycles. The largest absolute Gasteiger partial charge is 0.455 e. The molecular formula is C43H34F2N2O. The third-order valence-corrected chi connectivity index (χ3v) is 9.28. The number of aryl methyl sites for hydroxylation is 2. The Morgan fingerprint density at radius 3 is 2.12 bits per heavy atom. The zero-order chi connectivity index (χ0) is 33.3. The predicted octanol–water partition coefficient (Wildman–Crippen LogP) is 12.1. The molecular weight excluding hydrogens is 598 g/mol. The van der Waals surface area contributed by atoms with Gasteiger partial charge in [-0.3, -0.25) is 4.57 Å². The lowest BCUT2D eigenvalue weighted by Gasteiger charge is -2.27. The number of imidazole rings is 1. The standard InChI is InChI=1S/C43H34F2N2O/c1-25-21-29(22-26(2)39(25)45)28-17-19-32-33-14-9-15-34(41(33)48-38(32)23-28)42-46-36-20-18-30(44)24-37(36)47(42)40-31(27-11-7-6-8-12-27)13-10-16-35(40)43(3,4)5/h6-24H,1-5H3. The highest BCUT2D eigenvalue weighted by atomic mass is 19.1. The van der Waals surface area contributed by atoms with Gasteiger partial charge in [0, 0.05) is 22.4 Å². The summed E-state index contributed by atoms with van der Waals surface area (Å²) in [5, 5.41) is 1.93. The zero-order valence-electron chi connectivity index (χ0n) is 27.5. The Kier molecular flexibility index (Phi) is 6.85. The predicted molar refractivity (Wildman–Crippen MR) is 193 cm³/mol. The van der Waals surface area contributed by atoms with Crippen LogP contribution in [-0.2, 0) is 5.41 Å². The number of furan rings is 1. The van der Waals surface area contributed by atoms with Crippen LogP contribution < -0.4 is 0 Å². The van der Waals surface area contributed by atoms with Crippen molar-refractivity contribution in [2.45, 2.75) is 40.0 Å². The van der Waals surface area contributed by atoms with Gasteiger partial charge in [0.05, 0.1) is 22.3 Å². The first-order valence-electron chi connectivity index (χ1n) is 16.2. The Balaban J connectivity index is 1.43. The molecule has 0 atom stereocenters. The highest BCUT2D eigenvalue weighted by Gasteiger charge is 2.27. The quantitative estimate of drug-likeness (QED) is 0.193. The van der Waals surface area contributed by atoms with Crippen LogP contribution >= 0.6 is 0 Å². The van der Waals surface area contributed by atoms with E-state index in [1.807, 2.05) is 48.5 Å². The van der Waals surface area contributed by atoms with Crippen LogP contribution in [-0.4, -0.2) is 9.55 Å². The molecule has 48 heavy (non-hydrogen) atoms. The lowest BCUT2D eigenvalue weighted by molar-refractivity contribution is 0.587. The van der Waals surface area contributed by atoms with Crippen LogP contribution in [0.2, 0.25) is 0 Å². The Hall–Kier alpha value is -5.55. The van der Waals surface area contributed by atoms with Crippen LogP contribution in [0.3, 0.4) is 0 Å². The summed E-state index contributed by atoms with van der Waals surface area (Å²) in [6.07, 6.45) is 0. The molecule has 8 aromatic rings. The molecule has 8 rings (SSSR count). The van der Waals surface area contributed by atoms with E-state index < -0.39 is 0 Å².